The highest BCUT2D eigenvalue weighted by molar-refractivity contribution is 6.04. The van der Waals surface area contributed by atoms with Gasteiger partial charge in [-0.05, 0) is 29.3 Å². The van der Waals surface area contributed by atoms with Gasteiger partial charge in [0.15, 0.2) is 0 Å². The fourth-order valence-electron chi connectivity index (χ4n) is 2.27. The van der Waals surface area contributed by atoms with Gasteiger partial charge in [-0.1, -0.05) is 24.3 Å². The van der Waals surface area contributed by atoms with Crippen LogP contribution in [-0.2, 0) is 0 Å². The molecule has 1 aromatic heterocycles. The van der Waals surface area contributed by atoms with Crippen molar-refractivity contribution in [2.24, 2.45) is 0 Å². The van der Waals surface area contributed by atoms with Crippen LogP contribution in [0.1, 0.15) is 10.4 Å². The van der Waals surface area contributed by atoms with Gasteiger partial charge in [0, 0.05) is 17.1 Å². The standard InChI is InChI=1S/C16H13NO3/c1-20-12-5-2-10(3-6-12)11-4-7-13-14(16(18)19)9-17-15(13)8-11/h2-9,17H,1H3,(H,18,19). The van der Waals surface area contributed by atoms with Crippen LogP contribution >= 0.6 is 0 Å². The molecule has 4 nitrogen and oxygen atoms in total. The van der Waals surface area contributed by atoms with Crippen LogP contribution < -0.4 is 4.74 Å². The van der Waals surface area contributed by atoms with Crippen LogP contribution in [-0.4, -0.2) is 23.2 Å². The molecule has 0 aliphatic heterocycles. The molecule has 0 fully saturated rings. The number of carboxylic acids is 1. The molecule has 4 heteroatoms. The predicted octanol–water partition coefficient (Wildman–Crippen LogP) is 3.54. The van der Waals surface area contributed by atoms with Crippen LogP contribution in [0.25, 0.3) is 22.0 Å². The minimum Gasteiger partial charge on any atom is -0.497 e. The SMILES string of the molecule is COc1ccc(-c2ccc3c(C(=O)O)c[nH]c3c2)cc1. The van der Waals surface area contributed by atoms with Gasteiger partial charge in [0.1, 0.15) is 5.75 Å². The first-order chi connectivity index (χ1) is 9.69. The average Bonchev–Trinajstić information content (AvgIpc) is 2.90. The first-order valence-corrected chi connectivity index (χ1v) is 6.18. The molecule has 0 atom stereocenters. The van der Waals surface area contributed by atoms with Gasteiger partial charge in [0.05, 0.1) is 12.7 Å². The number of aromatic amines is 1. The number of rotatable bonds is 3. The number of hydrogen-bond donors (Lipinski definition) is 2. The van der Waals surface area contributed by atoms with E-state index < -0.39 is 5.97 Å². The van der Waals surface area contributed by atoms with Gasteiger partial charge in [0.25, 0.3) is 0 Å². The van der Waals surface area contributed by atoms with Crippen LogP contribution in [0.5, 0.6) is 5.75 Å². The number of aromatic carboxylic acids is 1. The minimum absolute atomic E-state index is 0.293. The molecule has 100 valence electrons. The van der Waals surface area contributed by atoms with Crippen molar-refractivity contribution in [3.05, 3.63) is 54.2 Å². The summed E-state index contributed by atoms with van der Waals surface area (Å²) < 4.78 is 5.13. The highest BCUT2D eigenvalue weighted by Gasteiger charge is 2.10. The zero-order chi connectivity index (χ0) is 14.1. The lowest BCUT2D eigenvalue weighted by atomic mass is 10.0. The number of aromatic nitrogens is 1. The zero-order valence-electron chi connectivity index (χ0n) is 10.9. The lowest BCUT2D eigenvalue weighted by Crippen LogP contribution is -1.93. The Morgan fingerprint density at radius 2 is 1.80 bits per heavy atom. The van der Waals surface area contributed by atoms with Crippen molar-refractivity contribution in [1.82, 2.24) is 4.98 Å². The minimum atomic E-state index is -0.923. The van der Waals surface area contributed by atoms with Crippen molar-refractivity contribution in [2.75, 3.05) is 7.11 Å². The third kappa shape index (κ3) is 2.01. The molecular weight excluding hydrogens is 254 g/mol. The van der Waals surface area contributed by atoms with Crippen molar-refractivity contribution >= 4 is 16.9 Å². The van der Waals surface area contributed by atoms with Crippen LogP contribution in [0.15, 0.2) is 48.7 Å². The molecule has 0 saturated heterocycles. The molecule has 2 N–H and O–H groups in total. The molecule has 0 unspecified atom stereocenters. The summed E-state index contributed by atoms with van der Waals surface area (Å²) in [6.07, 6.45) is 1.52. The molecule has 20 heavy (non-hydrogen) atoms. The second kappa shape index (κ2) is 4.74. The third-order valence-electron chi connectivity index (χ3n) is 3.34. The molecule has 0 aliphatic rings. The van der Waals surface area contributed by atoms with Gasteiger partial charge >= 0.3 is 5.97 Å². The molecule has 0 bridgehead atoms. The van der Waals surface area contributed by atoms with Crippen LogP contribution in [0.4, 0.5) is 0 Å². The molecule has 0 amide bonds. The summed E-state index contributed by atoms with van der Waals surface area (Å²) >= 11 is 0. The topological polar surface area (TPSA) is 62.3 Å². The Kier molecular flexibility index (Phi) is 2.91. The first-order valence-electron chi connectivity index (χ1n) is 6.18. The van der Waals surface area contributed by atoms with Crippen LogP contribution in [0.2, 0.25) is 0 Å². The number of carboxylic acid groups (broad SMARTS) is 1. The molecular formula is C16H13NO3. The molecule has 0 saturated carbocycles. The van der Waals surface area contributed by atoms with Crippen molar-refractivity contribution in [3.63, 3.8) is 0 Å². The second-order valence-corrected chi connectivity index (χ2v) is 4.50. The average molecular weight is 267 g/mol. The number of nitrogens with one attached hydrogen (secondary N) is 1. The largest absolute Gasteiger partial charge is 0.497 e. The number of carbonyl (C=O) groups is 1. The highest BCUT2D eigenvalue weighted by atomic mass is 16.5. The Morgan fingerprint density at radius 1 is 1.10 bits per heavy atom. The number of hydrogen-bond acceptors (Lipinski definition) is 2. The van der Waals surface area contributed by atoms with E-state index in [1.807, 2.05) is 42.5 Å². The molecule has 3 aromatic rings. The number of methoxy groups -OCH3 is 1. The van der Waals surface area contributed by atoms with E-state index in [4.69, 9.17) is 9.84 Å². The van der Waals surface area contributed by atoms with Crippen molar-refractivity contribution in [3.8, 4) is 16.9 Å². The number of benzene rings is 2. The van der Waals surface area contributed by atoms with Crippen molar-refractivity contribution in [2.45, 2.75) is 0 Å². The Labute approximate surface area is 115 Å². The predicted molar refractivity (Wildman–Crippen MR) is 77.2 cm³/mol. The summed E-state index contributed by atoms with van der Waals surface area (Å²) in [7, 11) is 1.63. The van der Waals surface area contributed by atoms with Crippen molar-refractivity contribution < 1.29 is 14.6 Å². The quantitative estimate of drug-likeness (QED) is 0.763. The monoisotopic (exact) mass is 267 g/mol. The van der Waals surface area contributed by atoms with E-state index >= 15 is 0 Å². The second-order valence-electron chi connectivity index (χ2n) is 4.50. The van der Waals surface area contributed by atoms with Gasteiger partial charge < -0.3 is 14.8 Å². The Morgan fingerprint density at radius 3 is 2.45 bits per heavy atom. The van der Waals surface area contributed by atoms with E-state index in [1.165, 1.54) is 6.20 Å². The molecule has 2 aromatic carbocycles. The molecule has 0 spiro atoms. The van der Waals surface area contributed by atoms with E-state index in [1.54, 1.807) is 7.11 Å². The zero-order valence-corrected chi connectivity index (χ0v) is 10.9. The van der Waals surface area contributed by atoms with Gasteiger partial charge in [-0.2, -0.15) is 0 Å². The first kappa shape index (κ1) is 12.3. The Balaban J connectivity index is 2.06. The van der Waals surface area contributed by atoms with Crippen LogP contribution in [0.3, 0.4) is 0 Å². The summed E-state index contributed by atoms with van der Waals surface area (Å²) in [6.45, 7) is 0. The maximum atomic E-state index is 11.1. The normalized spacial score (nSPS) is 10.7. The summed E-state index contributed by atoms with van der Waals surface area (Å²) in [5.74, 6) is -0.115. The van der Waals surface area contributed by atoms with Gasteiger partial charge in [-0.3, -0.25) is 0 Å². The van der Waals surface area contributed by atoms with E-state index in [0.29, 0.717) is 5.56 Å². The maximum Gasteiger partial charge on any atom is 0.337 e. The summed E-state index contributed by atoms with van der Waals surface area (Å²) in [5.41, 5.74) is 3.19. The van der Waals surface area contributed by atoms with E-state index in [-0.39, 0.29) is 0 Å². The van der Waals surface area contributed by atoms with E-state index in [2.05, 4.69) is 4.98 Å². The number of fused-ring (bicyclic) bond motifs is 1. The molecule has 1 heterocycles. The van der Waals surface area contributed by atoms with Crippen molar-refractivity contribution in [1.29, 1.82) is 0 Å². The number of ether oxygens (including phenoxy) is 1. The molecule has 3 rings (SSSR count). The Bertz CT molecular complexity index is 772. The number of H-pyrrole nitrogens is 1. The Hall–Kier alpha value is -2.75. The highest BCUT2D eigenvalue weighted by Crippen LogP contribution is 2.27. The lowest BCUT2D eigenvalue weighted by molar-refractivity contribution is 0.0699. The van der Waals surface area contributed by atoms with Gasteiger partial charge in [-0.15, -0.1) is 0 Å². The van der Waals surface area contributed by atoms with E-state index in [9.17, 15) is 4.79 Å². The summed E-state index contributed by atoms with van der Waals surface area (Å²) in [4.78, 5) is 14.1. The molecule has 0 radical (unpaired) electrons. The van der Waals surface area contributed by atoms with E-state index in [0.717, 1.165) is 27.8 Å². The summed E-state index contributed by atoms with van der Waals surface area (Å²) in [6, 6.07) is 13.4. The molecule has 0 aliphatic carbocycles. The summed E-state index contributed by atoms with van der Waals surface area (Å²) in [5, 5.41) is 9.80. The van der Waals surface area contributed by atoms with Crippen LogP contribution in [0, 0.1) is 0 Å². The smallest absolute Gasteiger partial charge is 0.337 e. The fourth-order valence-corrected chi connectivity index (χ4v) is 2.27. The van der Waals surface area contributed by atoms with Gasteiger partial charge in [-0.25, -0.2) is 4.79 Å². The fraction of sp³-hybridized carbons (Fsp3) is 0.0625. The third-order valence-corrected chi connectivity index (χ3v) is 3.34. The lowest BCUT2D eigenvalue weighted by Gasteiger charge is -2.04. The van der Waals surface area contributed by atoms with Gasteiger partial charge in [0.2, 0.25) is 0 Å². The maximum absolute atomic E-state index is 11.1.